The molecule has 0 radical (unpaired) electrons. The Morgan fingerprint density at radius 1 is 1.00 bits per heavy atom. The standard InChI is InChI=1S/C25H36N4O2/c1-4-26-25(27-17-20-11-13-21(14-12-20)19-30-2)28-18-23(29-15-7-8-16-29)22-9-5-6-10-24(22)31-3/h5-6,9-14,23H,4,7-8,15-19H2,1-3H3,(H2,26,27,28). The first-order chi connectivity index (χ1) is 15.2. The van der Waals surface area contributed by atoms with Crippen molar-refractivity contribution >= 4 is 5.96 Å². The first kappa shape index (κ1) is 23.1. The van der Waals surface area contributed by atoms with E-state index in [2.05, 4.69) is 58.9 Å². The van der Waals surface area contributed by atoms with Gasteiger partial charge in [-0.1, -0.05) is 42.5 Å². The largest absolute Gasteiger partial charge is 0.496 e. The van der Waals surface area contributed by atoms with Gasteiger partial charge >= 0.3 is 0 Å². The molecule has 0 aliphatic carbocycles. The average Bonchev–Trinajstić information content (AvgIpc) is 3.33. The fraction of sp³-hybridized carbons (Fsp3) is 0.480. The van der Waals surface area contributed by atoms with Gasteiger partial charge in [-0.05, 0) is 50.0 Å². The van der Waals surface area contributed by atoms with Crippen LogP contribution < -0.4 is 15.4 Å². The van der Waals surface area contributed by atoms with E-state index in [1.54, 1.807) is 14.2 Å². The van der Waals surface area contributed by atoms with Crippen LogP contribution in [0.3, 0.4) is 0 Å². The number of aliphatic imine (C=N–C) groups is 1. The molecule has 2 aromatic carbocycles. The molecule has 0 spiro atoms. The van der Waals surface area contributed by atoms with Crippen molar-refractivity contribution in [3.05, 3.63) is 65.2 Å². The van der Waals surface area contributed by atoms with Crippen molar-refractivity contribution < 1.29 is 9.47 Å². The highest BCUT2D eigenvalue weighted by Crippen LogP contribution is 2.31. The van der Waals surface area contributed by atoms with E-state index in [-0.39, 0.29) is 6.04 Å². The Morgan fingerprint density at radius 3 is 2.39 bits per heavy atom. The molecule has 1 heterocycles. The number of guanidine groups is 1. The van der Waals surface area contributed by atoms with Gasteiger partial charge in [-0.3, -0.25) is 4.90 Å². The van der Waals surface area contributed by atoms with Gasteiger partial charge in [0.2, 0.25) is 0 Å². The molecule has 0 aromatic heterocycles. The molecule has 0 saturated carbocycles. The summed E-state index contributed by atoms with van der Waals surface area (Å²) in [7, 11) is 3.46. The number of rotatable bonds is 10. The number of nitrogens with zero attached hydrogens (tertiary/aromatic N) is 2. The second-order valence-electron chi connectivity index (χ2n) is 7.83. The van der Waals surface area contributed by atoms with E-state index < -0.39 is 0 Å². The minimum atomic E-state index is 0.246. The Hall–Kier alpha value is -2.57. The number of ether oxygens (including phenoxy) is 2. The Morgan fingerprint density at radius 2 is 1.71 bits per heavy atom. The van der Waals surface area contributed by atoms with Crippen molar-refractivity contribution in [2.45, 2.75) is 39.0 Å². The number of hydrogen-bond donors (Lipinski definition) is 2. The molecule has 0 bridgehead atoms. The molecule has 2 aromatic rings. The van der Waals surface area contributed by atoms with Crippen LogP contribution >= 0.6 is 0 Å². The summed E-state index contributed by atoms with van der Waals surface area (Å²) < 4.78 is 10.9. The fourth-order valence-corrected chi connectivity index (χ4v) is 4.04. The van der Waals surface area contributed by atoms with Crippen molar-refractivity contribution in [1.29, 1.82) is 0 Å². The van der Waals surface area contributed by atoms with Crippen LogP contribution in [0.15, 0.2) is 53.5 Å². The van der Waals surface area contributed by atoms with Gasteiger partial charge in [0, 0.05) is 25.8 Å². The van der Waals surface area contributed by atoms with Crippen molar-refractivity contribution in [3.63, 3.8) is 0 Å². The summed E-state index contributed by atoms with van der Waals surface area (Å²) in [5.41, 5.74) is 3.58. The number of benzene rings is 2. The first-order valence-electron chi connectivity index (χ1n) is 11.2. The molecule has 6 nitrogen and oxygen atoms in total. The summed E-state index contributed by atoms with van der Waals surface area (Å²) in [4.78, 5) is 7.35. The van der Waals surface area contributed by atoms with E-state index in [0.717, 1.165) is 37.9 Å². The molecule has 1 atom stereocenters. The smallest absolute Gasteiger partial charge is 0.191 e. The van der Waals surface area contributed by atoms with Crippen LogP contribution in [0.25, 0.3) is 0 Å². The zero-order chi connectivity index (χ0) is 21.9. The summed E-state index contributed by atoms with van der Waals surface area (Å²) in [6, 6.07) is 17.0. The highest BCUT2D eigenvalue weighted by molar-refractivity contribution is 5.79. The highest BCUT2D eigenvalue weighted by atomic mass is 16.5. The average molecular weight is 425 g/mol. The molecule has 1 saturated heterocycles. The van der Waals surface area contributed by atoms with Gasteiger partial charge < -0.3 is 20.1 Å². The van der Waals surface area contributed by atoms with Gasteiger partial charge in [-0.25, -0.2) is 4.99 Å². The van der Waals surface area contributed by atoms with E-state index in [0.29, 0.717) is 13.2 Å². The predicted octanol–water partition coefficient (Wildman–Crippen LogP) is 3.73. The van der Waals surface area contributed by atoms with Crippen LogP contribution in [-0.4, -0.2) is 51.3 Å². The maximum Gasteiger partial charge on any atom is 0.191 e. The van der Waals surface area contributed by atoms with E-state index >= 15 is 0 Å². The van der Waals surface area contributed by atoms with Gasteiger partial charge in [0.05, 0.1) is 26.3 Å². The molecule has 2 N–H and O–H groups in total. The van der Waals surface area contributed by atoms with Crippen molar-refractivity contribution in [1.82, 2.24) is 15.5 Å². The van der Waals surface area contributed by atoms with Gasteiger partial charge in [0.25, 0.3) is 0 Å². The third-order valence-corrected chi connectivity index (χ3v) is 5.64. The highest BCUT2D eigenvalue weighted by Gasteiger charge is 2.26. The molecule has 6 heteroatoms. The van der Waals surface area contributed by atoms with Crippen LogP contribution in [0, 0.1) is 0 Å². The van der Waals surface area contributed by atoms with E-state index in [4.69, 9.17) is 14.5 Å². The van der Waals surface area contributed by atoms with Crippen LogP contribution in [0.4, 0.5) is 0 Å². The van der Waals surface area contributed by atoms with Gasteiger partial charge in [-0.15, -0.1) is 0 Å². The topological polar surface area (TPSA) is 58.1 Å². The summed E-state index contributed by atoms with van der Waals surface area (Å²) in [6.07, 6.45) is 2.50. The molecule has 3 rings (SSSR count). The molecular weight excluding hydrogens is 388 g/mol. The lowest BCUT2D eigenvalue weighted by molar-refractivity contribution is 0.185. The van der Waals surface area contributed by atoms with E-state index in [1.807, 2.05) is 12.1 Å². The minimum absolute atomic E-state index is 0.246. The lowest BCUT2D eigenvalue weighted by Gasteiger charge is -2.30. The van der Waals surface area contributed by atoms with Gasteiger partial charge in [0.15, 0.2) is 5.96 Å². The number of nitrogens with one attached hydrogen (secondary N) is 2. The fourth-order valence-electron chi connectivity index (χ4n) is 4.04. The molecular formula is C25H36N4O2. The normalized spacial score (nSPS) is 15.6. The predicted molar refractivity (Wildman–Crippen MR) is 127 cm³/mol. The lowest BCUT2D eigenvalue weighted by Crippen LogP contribution is -2.42. The molecule has 1 unspecified atom stereocenters. The Bertz CT molecular complexity index is 817. The molecule has 168 valence electrons. The third-order valence-electron chi connectivity index (χ3n) is 5.64. The number of methoxy groups -OCH3 is 2. The molecule has 31 heavy (non-hydrogen) atoms. The molecule has 1 aliphatic rings. The lowest BCUT2D eigenvalue weighted by atomic mass is 10.0. The van der Waals surface area contributed by atoms with Crippen LogP contribution in [0.2, 0.25) is 0 Å². The molecule has 0 amide bonds. The maximum atomic E-state index is 5.66. The molecule has 1 aliphatic heterocycles. The summed E-state index contributed by atoms with van der Waals surface area (Å²) >= 11 is 0. The number of likely N-dealkylation sites (tertiary alicyclic amines) is 1. The SMILES string of the molecule is CCNC(=NCc1ccc(COC)cc1)NCC(c1ccccc1OC)N1CCCC1. The Balaban J connectivity index is 1.70. The van der Waals surface area contributed by atoms with E-state index in [1.165, 1.54) is 29.5 Å². The third kappa shape index (κ3) is 6.71. The zero-order valence-corrected chi connectivity index (χ0v) is 19.1. The zero-order valence-electron chi connectivity index (χ0n) is 19.1. The summed E-state index contributed by atoms with van der Waals surface area (Å²) in [6.45, 7) is 7.19. The monoisotopic (exact) mass is 424 g/mol. The second-order valence-corrected chi connectivity index (χ2v) is 7.83. The second kappa shape index (κ2) is 12.3. The molecule has 1 fully saturated rings. The van der Waals surface area contributed by atoms with Crippen molar-refractivity contribution in [2.75, 3.05) is 40.4 Å². The Labute approximate surface area is 186 Å². The van der Waals surface area contributed by atoms with Crippen LogP contribution in [0.5, 0.6) is 5.75 Å². The van der Waals surface area contributed by atoms with E-state index in [9.17, 15) is 0 Å². The minimum Gasteiger partial charge on any atom is -0.496 e. The van der Waals surface area contributed by atoms with Gasteiger partial charge in [0.1, 0.15) is 5.75 Å². The summed E-state index contributed by atoms with van der Waals surface area (Å²) in [5, 5.41) is 6.95. The maximum absolute atomic E-state index is 5.66. The first-order valence-corrected chi connectivity index (χ1v) is 11.2. The Kier molecular flexibility index (Phi) is 9.18. The number of para-hydroxylation sites is 1. The van der Waals surface area contributed by atoms with Crippen molar-refractivity contribution in [2.24, 2.45) is 4.99 Å². The summed E-state index contributed by atoms with van der Waals surface area (Å²) in [5.74, 6) is 1.78. The quantitative estimate of drug-likeness (QED) is 0.450. The van der Waals surface area contributed by atoms with Crippen LogP contribution in [-0.2, 0) is 17.9 Å². The van der Waals surface area contributed by atoms with Crippen molar-refractivity contribution in [3.8, 4) is 5.75 Å². The van der Waals surface area contributed by atoms with Gasteiger partial charge in [-0.2, -0.15) is 0 Å². The number of hydrogen-bond acceptors (Lipinski definition) is 4. The van der Waals surface area contributed by atoms with Crippen LogP contribution in [0.1, 0.15) is 42.5 Å².